The van der Waals surface area contributed by atoms with Gasteiger partial charge in [0.05, 0.1) is 12.7 Å². The maximum absolute atomic E-state index is 12.6. The molecule has 0 aromatic heterocycles. The Hall–Kier alpha value is -1.79. The highest BCUT2D eigenvalue weighted by Crippen LogP contribution is 2.17. The van der Waals surface area contributed by atoms with Crippen molar-refractivity contribution < 1.29 is 14.3 Å². The van der Waals surface area contributed by atoms with Crippen LogP contribution in [0.2, 0.25) is 0 Å². The fourth-order valence-corrected chi connectivity index (χ4v) is 2.84. The number of hydrogen-bond donors (Lipinski definition) is 3. The molecular formula is C18H28ClN3O3. The molecule has 1 heterocycles. The summed E-state index contributed by atoms with van der Waals surface area (Å²) in [6, 6.07) is 6.60. The Balaban J connectivity index is 0.00000312. The number of ether oxygens (including phenoxy) is 1. The van der Waals surface area contributed by atoms with Crippen molar-refractivity contribution in [3.05, 3.63) is 29.8 Å². The Morgan fingerprint density at radius 1 is 1.20 bits per heavy atom. The van der Waals surface area contributed by atoms with Crippen LogP contribution in [0.4, 0.5) is 0 Å². The first-order chi connectivity index (χ1) is 11.5. The van der Waals surface area contributed by atoms with Crippen LogP contribution in [0.1, 0.15) is 37.0 Å². The molecule has 1 aromatic rings. The summed E-state index contributed by atoms with van der Waals surface area (Å²) >= 11 is 0. The topological polar surface area (TPSA) is 79.5 Å². The number of para-hydroxylation sites is 1. The van der Waals surface area contributed by atoms with E-state index in [1.54, 1.807) is 24.3 Å². The molecule has 1 aliphatic heterocycles. The van der Waals surface area contributed by atoms with E-state index in [1.807, 2.05) is 13.8 Å². The van der Waals surface area contributed by atoms with E-state index in [4.69, 9.17) is 4.74 Å². The van der Waals surface area contributed by atoms with Crippen molar-refractivity contribution in [3.8, 4) is 5.75 Å². The SMILES string of the molecule is COc1ccccc1C(=O)NC(C(=O)NC1CCNCC1)C(C)C.Cl. The molecule has 1 atom stereocenters. The Bertz CT molecular complexity index is 574. The molecule has 2 amide bonds. The molecule has 1 unspecified atom stereocenters. The number of methoxy groups -OCH3 is 1. The van der Waals surface area contributed by atoms with E-state index >= 15 is 0 Å². The molecule has 0 spiro atoms. The van der Waals surface area contributed by atoms with Gasteiger partial charge in [-0.15, -0.1) is 12.4 Å². The third kappa shape index (κ3) is 5.90. The predicted octanol–water partition coefficient (Wildman–Crippen LogP) is 1.74. The van der Waals surface area contributed by atoms with E-state index in [9.17, 15) is 9.59 Å². The zero-order chi connectivity index (χ0) is 17.5. The maximum atomic E-state index is 12.6. The van der Waals surface area contributed by atoms with Gasteiger partial charge in [-0.05, 0) is 44.0 Å². The third-order valence-electron chi connectivity index (χ3n) is 4.27. The highest BCUT2D eigenvalue weighted by molar-refractivity contribution is 5.99. The van der Waals surface area contributed by atoms with Crippen molar-refractivity contribution >= 4 is 24.2 Å². The van der Waals surface area contributed by atoms with E-state index in [1.165, 1.54) is 7.11 Å². The largest absolute Gasteiger partial charge is 0.496 e. The summed E-state index contributed by atoms with van der Waals surface area (Å²) in [5.74, 6) is 0.0633. The molecule has 6 nitrogen and oxygen atoms in total. The van der Waals surface area contributed by atoms with Gasteiger partial charge >= 0.3 is 0 Å². The summed E-state index contributed by atoms with van der Waals surface area (Å²) in [6.45, 7) is 5.67. The van der Waals surface area contributed by atoms with Gasteiger partial charge in [0, 0.05) is 6.04 Å². The van der Waals surface area contributed by atoms with Crippen LogP contribution in [-0.2, 0) is 4.79 Å². The van der Waals surface area contributed by atoms with Gasteiger partial charge in [-0.25, -0.2) is 0 Å². The molecule has 3 N–H and O–H groups in total. The van der Waals surface area contributed by atoms with Crippen molar-refractivity contribution in [2.75, 3.05) is 20.2 Å². The third-order valence-corrected chi connectivity index (χ3v) is 4.27. The summed E-state index contributed by atoms with van der Waals surface area (Å²) in [7, 11) is 1.52. The number of nitrogens with one attached hydrogen (secondary N) is 3. The lowest BCUT2D eigenvalue weighted by atomic mass is 10.0. The first-order valence-electron chi connectivity index (χ1n) is 8.48. The second kappa shape index (κ2) is 10.3. The van der Waals surface area contributed by atoms with E-state index in [0.717, 1.165) is 25.9 Å². The number of amides is 2. The molecule has 7 heteroatoms. The molecule has 1 fully saturated rings. The number of hydrogen-bond acceptors (Lipinski definition) is 4. The summed E-state index contributed by atoms with van der Waals surface area (Å²) < 4.78 is 5.22. The fourth-order valence-electron chi connectivity index (χ4n) is 2.84. The van der Waals surface area contributed by atoms with Gasteiger partial charge in [-0.3, -0.25) is 9.59 Å². The van der Waals surface area contributed by atoms with Crippen LogP contribution in [0.15, 0.2) is 24.3 Å². The van der Waals surface area contributed by atoms with Crippen molar-refractivity contribution in [2.24, 2.45) is 5.92 Å². The molecule has 0 aliphatic carbocycles. The lowest BCUT2D eigenvalue weighted by molar-refractivity contribution is -0.124. The molecule has 0 bridgehead atoms. The number of halogens is 1. The molecule has 1 saturated heterocycles. The van der Waals surface area contributed by atoms with Gasteiger partial charge in [0.15, 0.2) is 0 Å². The summed E-state index contributed by atoms with van der Waals surface area (Å²) in [4.78, 5) is 25.2. The lowest BCUT2D eigenvalue weighted by Gasteiger charge is -2.28. The maximum Gasteiger partial charge on any atom is 0.255 e. The van der Waals surface area contributed by atoms with Crippen LogP contribution in [0.3, 0.4) is 0 Å². The molecule has 25 heavy (non-hydrogen) atoms. The smallest absolute Gasteiger partial charge is 0.255 e. The zero-order valence-electron chi connectivity index (χ0n) is 15.0. The number of carbonyl (C=O) groups excluding carboxylic acids is 2. The van der Waals surface area contributed by atoms with Gasteiger partial charge in [0.2, 0.25) is 5.91 Å². The fraction of sp³-hybridized carbons (Fsp3) is 0.556. The second-order valence-electron chi connectivity index (χ2n) is 6.43. The lowest BCUT2D eigenvalue weighted by Crippen LogP contribution is -2.53. The van der Waals surface area contributed by atoms with Gasteiger partial charge < -0.3 is 20.7 Å². The first kappa shape index (κ1) is 21.3. The van der Waals surface area contributed by atoms with Gasteiger partial charge in [-0.2, -0.15) is 0 Å². The van der Waals surface area contributed by atoms with Crippen LogP contribution in [0.5, 0.6) is 5.75 Å². The zero-order valence-corrected chi connectivity index (χ0v) is 15.8. The Labute approximate surface area is 155 Å². The average Bonchev–Trinajstić information content (AvgIpc) is 2.59. The molecular weight excluding hydrogens is 342 g/mol. The van der Waals surface area contributed by atoms with Crippen LogP contribution in [0, 0.1) is 5.92 Å². The van der Waals surface area contributed by atoms with Crippen LogP contribution in [0.25, 0.3) is 0 Å². The minimum Gasteiger partial charge on any atom is -0.496 e. The van der Waals surface area contributed by atoms with Gasteiger partial charge in [0.1, 0.15) is 11.8 Å². The van der Waals surface area contributed by atoms with Crippen molar-refractivity contribution in [3.63, 3.8) is 0 Å². The second-order valence-corrected chi connectivity index (χ2v) is 6.43. The molecule has 140 valence electrons. The van der Waals surface area contributed by atoms with Crippen molar-refractivity contribution in [1.29, 1.82) is 0 Å². The molecule has 2 rings (SSSR count). The summed E-state index contributed by atoms with van der Waals surface area (Å²) in [6.07, 6.45) is 1.83. The van der Waals surface area contributed by atoms with E-state index in [0.29, 0.717) is 11.3 Å². The number of benzene rings is 1. The van der Waals surface area contributed by atoms with Crippen molar-refractivity contribution in [2.45, 2.75) is 38.8 Å². The first-order valence-corrected chi connectivity index (χ1v) is 8.48. The minimum atomic E-state index is -0.572. The van der Waals surface area contributed by atoms with Crippen molar-refractivity contribution in [1.82, 2.24) is 16.0 Å². The number of carbonyl (C=O) groups is 2. The monoisotopic (exact) mass is 369 g/mol. The predicted molar refractivity (Wildman–Crippen MR) is 100 cm³/mol. The summed E-state index contributed by atoms with van der Waals surface area (Å²) in [5, 5.41) is 9.18. The molecule has 1 aromatic carbocycles. The van der Waals surface area contributed by atoms with E-state index < -0.39 is 6.04 Å². The average molecular weight is 370 g/mol. The van der Waals surface area contributed by atoms with Gasteiger partial charge in [0.25, 0.3) is 5.91 Å². The van der Waals surface area contributed by atoms with E-state index in [-0.39, 0.29) is 36.2 Å². The van der Waals surface area contributed by atoms with Gasteiger partial charge in [-0.1, -0.05) is 26.0 Å². The number of piperidine rings is 1. The molecule has 0 radical (unpaired) electrons. The quantitative estimate of drug-likeness (QED) is 0.713. The Morgan fingerprint density at radius 2 is 1.84 bits per heavy atom. The van der Waals surface area contributed by atoms with Crippen LogP contribution in [-0.4, -0.2) is 44.1 Å². The Morgan fingerprint density at radius 3 is 2.44 bits per heavy atom. The molecule has 0 saturated carbocycles. The highest BCUT2D eigenvalue weighted by Gasteiger charge is 2.27. The normalized spacial score (nSPS) is 15.8. The Kier molecular flexibility index (Phi) is 8.72. The summed E-state index contributed by atoms with van der Waals surface area (Å²) in [5.41, 5.74) is 0.431. The highest BCUT2D eigenvalue weighted by atomic mass is 35.5. The standard InChI is InChI=1S/C18H27N3O3.ClH/c1-12(2)16(18(23)20-13-8-10-19-11-9-13)21-17(22)14-6-4-5-7-15(14)24-3;/h4-7,12-13,16,19H,8-11H2,1-3H3,(H,20,23)(H,21,22);1H. The minimum absolute atomic E-state index is 0. The molecule has 1 aliphatic rings. The van der Waals surface area contributed by atoms with Crippen LogP contribution >= 0.6 is 12.4 Å². The van der Waals surface area contributed by atoms with E-state index in [2.05, 4.69) is 16.0 Å². The number of rotatable bonds is 6. The van der Waals surface area contributed by atoms with Crippen LogP contribution < -0.4 is 20.7 Å².